The SMILES string of the molecule is CSc1cccc(NC(=O)CSc2nnc(-c3ccccc3Br)n2N)c1. The molecule has 1 aromatic heterocycles. The van der Waals surface area contributed by atoms with Crippen LogP contribution in [-0.2, 0) is 4.79 Å². The van der Waals surface area contributed by atoms with Crippen molar-refractivity contribution < 1.29 is 4.79 Å². The van der Waals surface area contributed by atoms with E-state index in [1.165, 1.54) is 16.4 Å². The maximum atomic E-state index is 12.2. The van der Waals surface area contributed by atoms with Crippen LogP contribution in [0.2, 0.25) is 0 Å². The van der Waals surface area contributed by atoms with Gasteiger partial charge < -0.3 is 11.2 Å². The highest BCUT2D eigenvalue weighted by molar-refractivity contribution is 9.10. The molecule has 0 spiro atoms. The number of carbonyl (C=O) groups is 1. The first-order valence-electron chi connectivity index (χ1n) is 7.60. The van der Waals surface area contributed by atoms with Crippen LogP contribution in [0.15, 0.2) is 63.1 Å². The van der Waals surface area contributed by atoms with Crippen LogP contribution in [-0.4, -0.2) is 32.8 Å². The van der Waals surface area contributed by atoms with Gasteiger partial charge in [0.1, 0.15) is 0 Å². The fourth-order valence-corrected chi connectivity index (χ4v) is 3.81. The Morgan fingerprint density at radius 1 is 1.23 bits per heavy atom. The lowest BCUT2D eigenvalue weighted by atomic mass is 10.2. The summed E-state index contributed by atoms with van der Waals surface area (Å²) in [6, 6.07) is 15.3. The molecule has 26 heavy (non-hydrogen) atoms. The average Bonchev–Trinajstić information content (AvgIpc) is 3.01. The molecule has 0 saturated heterocycles. The quantitative estimate of drug-likeness (QED) is 0.438. The fraction of sp³-hybridized carbons (Fsp3) is 0.118. The van der Waals surface area contributed by atoms with Crippen molar-refractivity contribution in [2.45, 2.75) is 10.1 Å². The molecule has 0 aliphatic rings. The van der Waals surface area contributed by atoms with Crippen LogP contribution in [0.3, 0.4) is 0 Å². The van der Waals surface area contributed by atoms with Crippen LogP contribution in [0.25, 0.3) is 11.4 Å². The number of amides is 1. The highest BCUT2D eigenvalue weighted by Gasteiger charge is 2.15. The van der Waals surface area contributed by atoms with Crippen LogP contribution >= 0.6 is 39.5 Å². The van der Waals surface area contributed by atoms with Gasteiger partial charge in [-0.05, 0) is 36.6 Å². The smallest absolute Gasteiger partial charge is 0.234 e. The second kappa shape index (κ2) is 8.61. The summed E-state index contributed by atoms with van der Waals surface area (Å²) in [6.07, 6.45) is 1.99. The Kier molecular flexibility index (Phi) is 6.23. The lowest BCUT2D eigenvalue weighted by Crippen LogP contribution is -2.16. The first-order chi connectivity index (χ1) is 12.6. The molecule has 0 radical (unpaired) electrons. The van der Waals surface area contributed by atoms with E-state index in [2.05, 4.69) is 31.4 Å². The summed E-state index contributed by atoms with van der Waals surface area (Å²) in [5.41, 5.74) is 1.61. The molecule has 0 saturated carbocycles. The van der Waals surface area contributed by atoms with E-state index in [0.717, 1.165) is 20.6 Å². The minimum Gasteiger partial charge on any atom is -0.335 e. The molecular weight excluding hydrogens is 434 g/mol. The molecule has 3 N–H and O–H groups in total. The molecule has 9 heteroatoms. The molecule has 0 aliphatic heterocycles. The van der Waals surface area contributed by atoms with E-state index in [9.17, 15) is 4.79 Å². The van der Waals surface area contributed by atoms with Gasteiger partial charge in [-0.3, -0.25) is 4.79 Å². The zero-order valence-electron chi connectivity index (χ0n) is 13.8. The average molecular weight is 450 g/mol. The largest absolute Gasteiger partial charge is 0.335 e. The van der Waals surface area contributed by atoms with Crippen molar-refractivity contribution in [3.05, 3.63) is 53.0 Å². The normalized spacial score (nSPS) is 10.7. The molecule has 3 rings (SSSR count). The van der Waals surface area contributed by atoms with Gasteiger partial charge in [-0.25, -0.2) is 4.68 Å². The Morgan fingerprint density at radius 2 is 2.04 bits per heavy atom. The summed E-state index contributed by atoms with van der Waals surface area (Å²) in [7, 11) is 0. The summed E-state index contributed by atoms with van der Waals surface area (Å²) >= 11 is 6.34. The summed E-state index contributed by atoms with van der Waals surface area (Å²) in [5, 5.41) is 11.6. The van der Waals surface area contributed by atoms with Crippen molar-refractivity contribution in [1.29, 1.82) is 0 Å². The van der Waals surface area contributed by atoms with Gasteiger partial charge >= 0.3 is 0 Å². The minimum absolute atomic E-state index is 0.126. The number of anilines is 1. The number of rotatable bonds is 6. The zero-order valence-corrected chi connectivity index (χ0v) is 17.1. The van der Waals surface area contributed by atoms with Crippen LogP contribution in [0.4, 0.5) is 5.69 Å². The Bertz CT molecular complexity index is 931. The number of hydrogen-bond acceptors (Lipinski definition) is 6. The summed E-state index contributed by atoms with van der Waals surface area (Å²) in [4.78, 5) is 13.3. The topological polar surface area (TPSA) is 85.8 Å². The van der Waals surface area contributed by atoms with Gasteiger partial charge in [-0.15, -0.1) is 22.0 Å². The monoisotopic (exact) mass is 449 g/mol. The fourth-order valence-electron chi connectivity index (χ4n) is 2.23. The third kappa shape index (κ3) is 4.40. The number of aromatic nitrogens is 3. The standard InChI is InChI=1S/C17H16BrN5OS2/c1-25-12-6-4-5-11(9-12)20-15(24)10-26-17-22-21-16(23(17)19)13-7-2-3-8-14(13)18/h2-9H,10,19H2,1H3,(H,20,24). The van der Waals surface area contributed by atoms with E-state index in [1.807, 2.05) is 54.8 Å². The predicted molar refractivity (Wildman–Crippen MR) is 111 cm³/mol. The van der Waals surface area contributed by atoms with Gasteiger partial charge in [-0.2, -0.15) is 0 Å². The van der Waals surface area contributed by atoms with Gasteiger partial charge in [0.2, 0.25) is 11.1 Å². The first kappa shape index (κ1) is 18.8. The van der Waals surface area contributed by atoms with Crippen LogP contribution in [0, 0.1) is 0 Å². The van der Waals surface area contributed by atoms with Gasteiger partial charge in [0.25, 0.3) is 0 Å². The summed E-state index contributed by atoms with van der Waals surface area (Å²) < 4.78 is 2.27. The minimum atomic E-state index is -0.126. The molecule has 6 nitrogen and oxygen atoms in total. The molecule has 2 aromatic carbocycles. The van der Waals surface area contributed by atoms with E-state index in [0.29, 0.717) is 11.0 Å². The molecule has 134 valence electrons. The van der Waals surface area contributed by atoms with E-state index >= 15 is 0 Å². The Labute approximate surface area is 168 Å². The predicted octanol–water partition coefficient (Wildman–Crippen LogP) is 3.87. The summed E-state index contributed by atoms with van der Waals surface area (Å²) in [5.74, 6) is 6.69. The number of nitrogens with two attached hydrogens (primary N) is 1. The van der Waals surface area contributed by atoms with Gasteiger partial charge in [0, 0.05) is 20.6 Å². The highest BCUT2D eigenvalue weighted by atomic mass is 79.9. The second-order valence-corrected chi connectivity index (χ2v) is 7.90. The van der Waals surface area contributed by atoms with Crippen molar-refractivity contribution >= 4 is 51.0 Å². The molecule has 1 heterocycles. The Hall–Kier alpha value is -1.97. The second-order valence-electron chi connectivity index (χ2n) is 5.22. The van der Waals surface area contributed by atoms with Crippen molar-refractivity contribution in [3.63, 3.8) is 0 Å². The molecule has 0 aliphatic carbocycles. The van der Waals surface area contributed by atoms with Crippen LogP contribution in [0.1, 0.15) is 0 Å². The van der Waals surface area contributed by atoms with E-state index < -0.39 is 0 Å². The molecule has 0 bridgehead atoms. The number of halogens is 1. The highest BCUT2D eigenvalue weighted by Crippen LogP contribution is 2.28. The van der Waals surface area contributed by atoms with Crippen LogP contribution in [0.5, 0.6) is 0 Å². The van der Waals surface area contributed by atoms with E-state index in [-0.39, 0.29) is 11.7 Å². The van der Waals surface area contributed by atoms with Gasteiger partial charge in [0.15, 0.2) is 5.82 Å². The molecule has 0 atom stereocenters. The molecule has 1 amide bonds. The van der Waals surface area contributed by atoms with Crippen molar-refractivity contribution in [1.82, 2.24) is 14.9 Å². The lowest BCUT2D eigenvalue weighted by Gasteiger charge is -2.07. The Balaban J connectivity index is 1.65. The maximum Gasteiger partial charge on any atom is 0.234 e. The van der Waals surface area contributed by atoms with Crippen molar-refractivity contribution in [2.24, 2.45) is 0 Å². The zero-order chi connectivity index (χ0) is 18.5. The number of thioether (sulfide) groups is 2. The number of nitrogens with one attached hydrogen (secondary N) is 1. The Morgan fingerprint density at radius 3 is 2.81 bits per heavy atom. The number of carbonyl (C=O) groups excluding carboxylic acids is 1. The van der Waals surface area contributed by atoms with Crippen LogP contribution < -0.4 is 11.2 Å². The number of nitrogens with zero attached hydrogens (tertiary/aromatic N) is 3. The van der Waals surface area contributed by atoms with E-state index in [4.69, 9.17) is 5.84 Å². The van der Waals surface area contributed by atoms with Gasteiger partial charge in [0.05, 0.1) is 5.75 Å². The van der Waals surface area contributed by atoms with Crippen molar-refractivity contribution in [3.8, 4) is 11.4 Å². The summed E-state index contributed by atoms with van der Waals surface area (Å²) in [6.45, 7) is 0. The van der Waals surface area contributed by atoms with Gasteiger partial charge in [-0.1, -0.05) is 45.9 Å². The number of hydrogen-bond donors (Lipinski definition) is 2. The third-order valence-corrected chi connectivity index (χ3v) is 5.83. The first-order valence-corrected chi connectivity index (χ1v) is 10.6. The number of benzene rings is 2. The molecule has 0 unspecified atom stereocenters. The third-order valence-electron chi connectivity index (χ3n) is 3.47. The molecule has 0 fully saturated rings. The molecular formula is C17H16BrN5OS2. The lowest BCUT2D eigenvalue weighted by molar-refractivity contribution is -0.113. The maximum absolute atomic E-state index is 12.2. The van der Waals surface area contributed by atoms with Crippen molar-refractivity contribution in [2.75, 3.05) is 23.2 Å². The van der Waals surface area contributed by atoms with E-state index in [1.54, 1.807) is 11.8 Å². The number of nitrogen functional groups attached to an aromatic ring is 1. The molecule has 3 aromatic rings.